The highest BCUT2D eigenvalue weighted by Crippen LogP contribution is 2.20. The molecule has 0 aromatic heterocycles. The third-order valence-electron chi connectivity index (χ3n) is 3.51. The van der Waals surface area contributed by atoms with E-state index in [2.05, 4.69) is 5.32 Å². The van der Waals surface area contributed by atoms with Gasteiger partial charge in [-0.05, 0) is 38.1 Å². The molecule has 0 radical (unpaired) electrons. The highest BCUT2D eigenvalue weighted by Gasteiger charge is 2.40. The lowest BCUT2D eigenvalue weighted by molar-refractivity contribution is -0.133. The van der Waals surface area contributed by atoms with Crippen LogP contribution in [0.1, 0.15) is 34.6 Å². The summed E-state index contributed by atoms with van der Waals surface area (Å²) in [6.07, 6.45) is 0. The minimum Gasteiger partial charge on any atom is -0.366 e. The summed E-state index contributed by atoms with van der Waals surface area (Å²) in [6, 6.07) is 6.11. The van der Waals surface area contributed by atoms with Gasteiger partial charge in [-0.25, -0.2) is 0 Å². The normalized spacial score (nSPS) is 17.5. The molecule has 2 rings (SSSR count). The van der Waals surface area contributed by atoms with Crippen LogP contribution in [0.4, 0.5) is 0 Å². The minimum absolute atomic E-state index is 0.175. The molecule has 3 amide bonds. The Bertz CT molecular complexity index is 564. The third kappa shape index (κ3) is 2.36. The summed E-state index contributed by atoms with van der Waals surface area (Å²) in [4.78, 5) is 36.8. The number of primary amides is 1. The molecule has 0 saturated carbocycles. The molecule has 1 saturated heterocycles. The molecule has 1 aromatic rings. The molecule has 1 aliphatic rings. The molecule has 0 aliphatic carbocycles. The van der Waals surface area contributed by atoms with Gasteiger partial charge < -0.3 is 16.0 Å². The number of rotatable bonds is 2. The maximum absolute atomic E-state index is 12.5. The number of carbonyl (C=O) groups excluding carboxylic acids is 3. The molecule has 0 unspecified atom stereocenters. The van der Waals surface area contributed by atoms with Gasteiger partial charge in [0.05, 0.1) is 0 Å². The quantitative estimate of drug-likeness (QED) is 0.804. The molecule has 3 N–H and O–H groups in total. The van der Waals surface area contributed by atoms with Crippen LogP contribution in [0.25, 0.3) is 0 Å². The van der Waals surface area contributed by atoms with E-state index in [4.69, 9.17) is 5.73 Å². The Labute approximate surface area is 116 Å². The van der Waals surface area contributed by atoms with Gasteiger partial charge >= 0.3 is 0 Å². The molecule has 0 atom stereocenters. The number of nitrogens with two attached hydrogens (primary N) is 1. The lowest BCUT2D eigenvalue weighted by Crippen LogP contribution is -2.63. The Morgan fingerprint density at radius 3 is 2.30 bits per heavy atom. The van der Waals surface area contributed by atoms with Gasteiger partial charge in [0.15, 0.2) is 0 Å². The Balaban J connectivity index is 2.26. The Morgan fingerprint density at radius 1 is 1.20 bits per heavy atom. The summed E-state index contributed by atoms with van der Waals surface area (Å²) in [5, 5.41) is 2.74. The lowest BCUT2D eigenvalue weighted by atomic mass is 9.97. The largest absolute Gasteiger partial charge is 0.366 e. The molecule has 6 heteroatoms. The predicted molar refractivity (Wildman–Crippen MR) is 73.1 cm³/mol. The van der Waals surface area contributed by atoms with Gasteiger partial charge in [-0.3, -0.25) is 14.4 Å². The highest BCUT2D eigenvalue weighted by molar-refractivity contribution is 6.00. The van der Waals surface area contributed by atoms with E-state index >= 15 is 0 Å². The van der Waals surface area contributed by atoms with E-state index in [1.807, 2.05) is 0 Å². The van der Waals surface area contributed by atoms with Crippen molar-refractivity contribution in [1.29, 1.82) is 0 Å². The van der Waals surface area contributed by atoms with Gasteiger partial charge in [-0.2, -0.15) is 0 Å². The molecule has 0 bridgehead atoms. The van der Waals surface area contributed by atoms with Crippen LogP contribution in [0.2, 0.25) is 0 Å². The topological polar surface area (TPSA) is 92.5 Å². The number of benzene rings is 1. The van der Waals surface area contributed by atoms with E-state index < -0.39 is 11.4 Å². The van der Waals surface area contributed by atoms with Gasteiger partial charge in [0.2, 0.25) is 11.8 Å². The van der Waals surface area contributed by atoms with Crippen molar-refractivity contribution in [3.63, 3.8) is 0 Å². The van der Waals surface area contributed by atoms with Crippen LogP contribution < -0.4 is 11.1 Å². The highest BCUT2D eigenvalue weighted by atomic mass is 16.2. The average Bonchev–Trinajstić information content (AvgIpc) is 2.41. The van der Waals surface area contributed by atoms with Crippen LogP contribution in [-0.2, 0) is 4.79 Å². The van der Waals surface area contributed by atoms with Crippen LogP contribution in [0, 0.1) is 0 Å². The van der Waals surface area contributed by atoms with Crippen LogP contribution in [-0.4, -0.2) is 41.2 Å². The zero-order chi connectivity index (χ0) is 14.9. The lowest BCUT2D eigenvalue weighted by Gasteiger charge is -2.41. The first-order chi connectivity index (χ1) is 9.34. The van der Waals surface area contributed by atoms with Crippen molar-refractivity contribution >= 4 is 17.7 Å². The standard InChI is InChI=1S/C14H17N3O3/c1-14(2)13(20)16-7-8-17(14)12(19)10-5-3-9(4-6-10)11(15)18/h3-6H,7-8H2,1-2H3,(H2,15,18)(H,16,20). The zero-order valence-corrected chi connectivity index (χ0v) is 11.5. The first-order valence-corrected chi connectivity index (χ1v) is 6.34. The van der Waals surface area contributed by atoms with E-state index in [9.17, 15) is 14.4 Å². The summed E-state index contributed by atoms with van der Waals surface area (Å²) >= 11 is 0. The smallest absolute Gasteiger partial charge is 0.254 e. The fraction of sp³-hybridized carbons (Fsp3) is 0.357. The number of hydrogen-bond donors (Lipinski definition) is 2. The maximum Gasteiger partial charge on any atom is 0.254 e. The summed E-state index contributed by atoms with van der Waals surface area (Å²) in [5.74, 6) is -0.951. The first kappa shape index (κ1) is 14.0. The second kappa shape index (κ2) is 4.96. The molecule has 1 fully saturated rings. The molecule has 1 aliphatic heterocycles. The molecule has 0 spiro atoms. The summed E-state index contributed by atoms with van der Waals surface area (Å²) < 4.78 is 0. The molecular weight excluding hydrogens is 258 g/mol. The van der Waals surface area contributed by atoms with Crippen LogP contribution in [0.15, 0.2) is 24.3 Å². The Morgan fingerprint density at radius 2 is 1.75 bits per heavy atom. The number of piperazine rings is 1. The molecule has 20 heavy (non-hydrogen) atoms. The SMILES string of the molecule is CC1(C)C(=O)NCCN1C(=O)c1ccc(C(N)=O)cc1. The number of hydrogen-bond acceptors (Lipinski definition) is 3. The van der Waals surface area contributed by atoms with Gasteiger partial charge in [0, 0.05) is 24.2 Å². The molecular formula is C14H17N3O3. The van der Waals surface area contributed by atoms with E-state index in [0.29, 0.717) is 24.2 Å². The van der Waals surface area contributed by atoms with Gasteiger partial charge in [-0.15, -0.1) is 0 Å². The number of carbonyl (C=O) groups is 3. The number of amides is 3. The second-order valence-corrected chi connectivity index (χ2v) is 5.21. The maximum atomic E-state index is 12.5. The average molecular weight is 275 g/mol. The fourth-order valence-electron chi connectivity index (χ4n) is 2.19. The third-order valence-corrected chi connectivity index (χ3v) is 3.51. The van der Waals surface area contributed by atoms with E-state index in [0.717, 1.165) is 0 Å². The van der Waals surface area contributed by atoms with Crippen molar-refractivity contribution in [3.05, 3.63) is 35.4 Å². The van der Waals surface area contributed by atoms with Gasteiger partial charge in [0.1, 0.15) is 5.54 Å². The summed E-state index contributed by atoms with van der Waals surface area (Å²) in [6.45, 7) is 4.30. The van der Waals surface area contributed by atoms with Crippen molar-refractivity contribution in [2.45, 2.75) is 19.4 Å². The molecule has 1 aromatic carbocycles. The predicted octanol–water partition coefficient (Wildman–Crippen LogP) is 0.136. The summed E-state index contributed by atoms with van der Waals surface area (Å²) in [5.41, 5.74) is 5.04. The Hall–Kier alpha value is -2.37. The van der Waals surface area contributed by atoms with Crippen molar-refractivity contribution in [2.75, 3.05) is 13.1 Å². The zero-order valence-electron chi connectivity index (χ0n) is 11.5. The van der Waals surface area contributed by atoms with Gasteiger partial charge in [0.25, 0.3) is 5.91 Å². The van der Waals surface area contributed by atoms with E-state index in [1.165, 1.54) is 17.0 Å². The van der Waals surface area contributed by atoms with Crippen molar-refractivity contribution in [1.82, 2.24) is 10.2 Å². The molecule has 6 nitrogen and oxygen atoms in total. The van der Waals surface area contributed by atoms with Crippen LogP contribution in [0.5, 0.6) is 0 Å². The van der Waals surface area contributed by atoms with Crippen molar-refractivity contribution < 1.29 is 14.4 Å². The molecule has 106 valence electrons. The van der Waals surface area contributed by atoms with Gasteiger partial charge in [-0.1, -0.05) is 0 Å². The monoisotopic (exact) mass is 275 g/mol. The number of nitrogens with one attached hydrogen (secondary N) is 1. The first-order valence-electron chi connectivity index (χ1n) is 6.34. The van der Waals surface area contributed by atoms with E-state index in [1.54, 1.807) is 26.0 Å². The molecule has 1 heterocycles. The van der Waals surface area contributed by atoms with E-state index in [-0.39, 0.29) is 11.8 Å². The Kier molecular flexibility index (Phi) is 3.48. The van der Waals surface area contributed by atoms with Crippen LogP contribution in [0.3, 0.4) is 0 Å². The van der Waals surface area contributed by atoms with Crippen molar-refractivity contribution in [3.8, 4) is 0 Å². The summed E-state index contributed by atoms with van der Waals surface area (Å²) in [7, 11) is 0. The van der Waals surface area contributed by atoms with Crippen molar-refractivity contribution in [2.24, 2.45) is 5.73 Å². The number of nitrogens with zero attached hydrogens (tertiary/aromatic N) is 1. The second-order valence-electron chi connectivity index (χ2n) is 5.21. The van der Waals surface area contributed by atoms with Crippen LogP contribution >= 0.6 is 0 Å². The minimum atomic E-state index is -0.891. The fourth-order valence-corrected chi connectivity index (χ4v) is 2.19.